The molecule has 1 aliphatic heterocycles. The van der Waals surface area contributed by atoms with Crippen LogP contribution in [0.1, 0.15) is 27.9 Å². The predicted molar refractivity (Wildman–Crippen MR) is 110 cm³/mol. The number of carbonyl (C=O) groups is 1. The Bertz CT molecular complexity index is 950. The number of hydrogen-bond donors (Lipinski definition) is 2. The van der Waals surface area contributed by atoms with Crippen molar-refractivity contribution >= 4 is 23.0 Å². The van der Waals surface area contributed by atoms with Crippen molar-refractivity contribution in [3.8, 4) is 0 Å². The van der Waals surface area contributed by atoms with E-state index in [2.05, 4.69) is 58.7 Å². The van der Waals surface area contributed by atoms with Crippen molar-refractivity contribution in [1.29, 1.82) is 0 Å². The molecule has 0 spiro atoms. The van der Waals surface area contributed by atoms with Crippen molar-refractivity contribution in [1.82, 2.24) is 5.32 Å². The molecule has 1 aliphatic rings. The molecule has 0 saturated heterocycles. The Morgan fingerprint density at radius 3 is 2.63 bits per heavy atom. The van der Waals surface area contributed by atoms with Crippen LogP contribution in [-0.4, -0.2) is 12.5 Å². The molecule has 4 nitrogen and oxygen atoms in total. The van der Waals surface area contributed by atoms with E-state index in [9.17, 15) is 4.79 Å². The number of nitrogen functional groups attached to an aromatic ring is 1. The van der Waals surface area contributed by atoms with Crippen LogP contribution < -0.4 is 16.0 Å². The normalized spacial score (nSPS) is 13.1. The third kappa shape index (κ3) is 3.80. The minimum absolute atomic E-state index is 0.115. The number of nitrogens with zero attached hydrogens (tertiary/aromatic N) is 1. The fourth-order valence-corrected chi connectivity index (χ4v) is 3.56. The van der Waals surface area contributed by atoms with Crippen LogP contribution in [0.15, 0.2) is 72.8 Å². The highest BCUT2D eigenvalue weighted by Gasteiger charge is 2.17. The van der Waals surface area contributed by atoms with Crippen molar-refractivity contribution in [2.24, 2.45) is 0 Å². The average molecular weight is 357 g/mol. The number of anilines is 3. The van der Waals surface area contributed by atoms with Gasteiger partial charge in [0.25, 0.3) is 5.91 Å². The maximum atomic E-state index is 12.2. The van der Waals surface area contributed by atoms with Crippen molar-refractivity contribution in [3.05, 3.63) is 89.5 Å². The molecule has 3 aromatic carbocycles. The molecule has 4 heteroatoms. The molecule has 0 bridgehead atoms. The maximum Gasteiger partial charge on any atom is 0.251 e. The molecule has 0 saturated carbocycles. The molecule has 136 valence electrons. The number of para-hydroxylation sites is 1. The Labute approximate surface area is 159 Å². The second-order valence-electron chi connectivity index (χ2n) is 6.86. The summed E-state index contributed by atoms with van der Waals surface area (Å²) in [6.07, 6.45) is 2.30. The lowest BCUT2D eigenvalue weighted by Crippen LogP contribution is -2.24. The largest absolute Gasteiger partial charge is 0.399 e. The minimum Gasteiger partial charge on any atom is -0.399 e. The highest BCUT2D eigenvalue weighted by molar-refractivity contribution is 5.94. The summed E-state index contributed by atoms with van der Waals surface area (Å²) in [5, 5.41) is 2.95. The SMILES string of the molecule is Nc1cccc(C(=O)NCc2ccc(N3CCCc4ccccc43)cc2)c1. The van der Waals surface area contributed by atoms with Crippen molar-refractivity contribution in [2.45, 2.75) is 19.4 Å². The number of benzene rings is 3. The maximum absolute atomic E-state index is 12.2. The van der Waals surface area contributed by atoms with E-state index in [-0.39, 0.29) is 5.91 Å². The molecule has 27 heavy (non-hydrogen) atoms. The number of rotatable bonds is 4. The van der Waals surface area contributed by atoms with Crippen LogP contribution in [0.2, 0.25) is 0 Å². The van der Waals surface area contributed by atoms with Gasteiger partial charge in [-0.3, -0.25) is 4.79 Å². The second kappa shape index (κ2) is 7.54. The summed E-state index contributed by atoms with van der Waals surface area (Å²) in [5.74, 6) is -0.115. The van der Waals surface area contributed by atoms with Crippen LogP contribution in [-0.2, 0) is 13.0 Å². The molecule has 0 fully saturated rings. The number of carbonyl (C=O) groups excluding carboxylic acids is 1. The molecule has 0 aliphatic carbocycles. The number of nitrogens with two attached hydrogens (primary N) is 1. The van der Waals surface area contributed by atoms with Crippen molar-refractivity contribution < 1.29 is 4.79 Å². The zero-order valence-corrected chi connectivity index (χ0v) is 15.2. The van der Waals surface area contributed by atoms with Gasteiger partial charge in [0.15, 0.2) is 0 Å². The number of aryl methyl sites for hydroxylation is 1. The Hall–Kier alpha value is -3.27. The molecule has 1 heterocycles. The summed E-state index contributed by atoms with van der Waals surface area (Å²) in [6.45, 7) is 1.52. The molecule has 0 radical (unpaired) electrons. The number of nitrogens with one attached hydrogen (secondary N) is 1. The standard InChI is InChI=1S/C23H23N3O/c24-20-8-3-6-19(15-20)23(27)25-16-17-10-12-21(13-11-17)26-14-4-7-18-5-1-2-9-22(18)26/h1-3,5-6,8-13,15H,4,7,14,16,24H2,(H,25,27). The Morgan fingerprint density at radius 2 is 1.81 bits per heavy atom. The molecule has 3 aromatic rings. The molecule has 0 atom stereocenters. The van der Waals surface area contributed by atoms with Crippen molar-refractivity contribution in [2.75, 3.05) is 17.2 Å². The van der Waals surface area contributed by atoms with E-state index in [1.807, 2.05) is 0 Å². The monoisotopic (exact) mass is 357 g/mol. The summed E-state index contributed by atoms with van der Waals surface area (Å²) in [4.78, 5) is 14.6. The van der Waals surface area contributed by atoms with Gasteiger partial charge in [-0.05, 0) is 60.4 Å². The van der Waals surface area contributed by atoms with Crippen LogP contribution >= 0.6 is 0 Å². The lowest BCUT2D eigenvalue weighted by Gasteiger charge is -2.31. The van der Waals surface area contributed by atoms with Crippen LogP contribution in [0, 0.1) is 0 Å². The van der Waals surface area contributed by atoms with Gasteiger partial charge < -0.3 is 16.0 Å². The zero-order valence-electron chi connectivity index (χ0n) is 15.2. The Kier molecular flexibility index (Phi) is 4.79. The quantitative estimate of drug-likeness (QED) is 0.685. The van der Waals surface area contributed by atoms with Crippen LogP contribution in [0.4, 0.5) is 17.1 Å². The van der Waals surface area contributed by atoms with Gasteiger partial charge in [0.1, 0.15) is 0 Å². The first-order valence-electron chi connectivity index (χ1n) is 9.29. The number of fused-ring (bicyclic) bond motifs is 1. The van der Waals surface area contributed by atoms with Crippen LogP contribution in [0.5, 0.6) is 0 Å². The lowest BCUT2D eigenvalue weighted by atomic mass is 10.0. The summed E-state index contributed by atoms with van der Waals surface area (Å²) in [6, 6.07) is 24.0. The molecule has 3 N–H and O–H groups in total. The second-order valence-corrected chi connectivity index (χ2v) is 6.86. The average Bonchev–Trinajstić information content (AvgIpc) is 2.72. The highest BCUT2D eigenvalue weighted by Crippen LogP contribution is 2.33. The first-order valence-corrected chi connectivity index (χ1v) is 9.29. The fourth-order valence-electron chi connectivity index (χ4n) is 3.56. The Balaban J connectivity index is 1.43. The zero-order chi connectivity index (χ0) is 18.6. The fraction of sp³-hybridized carbons (Fsp3) is 0.174. The highest BCUT2D eigenvalue weighted by atomic mass is 16.1. The van der Waals surface area contributed by atoms with Gasteiger partial charge in [0.2, 0.25) is 0 Å². The van der Waals surface area contributed by atoms with E-state index in [0.29, 0.717) is 17.8 Å². The van der Waals surface area contributed by atoms with Gasteiger partial charge >= 0.3 is 0 Å². The van der Waals surface area contributed by atoms with E-state index >= 15 is 0 Å². The summed E-state index contributed by atoms with van der Waals surface area (Å²) < 4.78 is 0. The van der Waals surface area contributed by atoms with Gasteiger partial charge in [-0.25, -0.2) is 0 Å². The van der Waals surface area contributed by atoms with E-state index in [0.717, 1.165) is 24.9 Å². The van der Waals surface area contributed by atoms with E-state index < -0.39 is 0 Å². The molecule has 4 rings (SSSR count). The van der Waals surface area contributed by atoms with Crippen LogP contribution in [0.3, 0.4) is 0 Å². The van der Waals surface area contributed by atoms with E-state index in [1.54, 1.807) is 24.3 Å². The molecular formula is C23H23N3O. The predicted octanol–water partition coefficient (Wildman–Crippen LogP) is 4.28. The minimum atomic E-state index is -0.115. The smallest absolute Gasteiger partial charge is 0.251 e. The molecular weight excluding hydrogens is 334 g/mol. The van der Waals surface area contributed by atoms with E-state index in [1.165, 1.54) is 16.9 Å². The van der Waals surface area contributed by atoms with Crippen molar-refractivity contribution in [3.63, 3.8) is 0 Å². The first kappa shape index (κ1) is 17.2. The molecule has 1 amide bonds. The lowest BCUT2D eigenvalue weighted by molar-refractivity contribution is 0.0951. The summed E-state index contributed by atoms with van der Waals surface area (Å²) in [5.41, 5.74) is 11.9. The van der Waals surface area contributed by atoms with Crippen LogP contribution in [0.25, 0.3) is 0 Å². The number of amides is 1. The third-order valence-corrected chi connectivity index (χ3v) is 4.96. The molecule has 0 unspecified atom stereocenters. The summed E-state index contributed by atoms with van der Waals surface area (Å²) >= 11 is 0. The Morgan fingerprint density at radius 1 is 1.00 bits per heavy atom. The van der Waals surface area contributed by atoms with Gasteiger partial charge in [0.05, 0.1) is 0 Å². The van der Waals surface area contributed by atoms with Gasteiger partial charge in [-0.2, -0.15) is 0 Å². The first-order chi connectivity index (χ1) is 13.2. The summed E-state index contributed by atoms with van der Waals surface area (Å²) in [7, 11) is 0. The van der Waals surface area contributed by atoms with Gasteiger partial charge in [0, 0.05) is 35.7 Å². The third-order valence-electron chi connectivity index (χ3n) is 4.96. The van der Waals surface area contributed by atoms with E-state index in [4.69, 9.17) is 5.73 Å². The number of hydrogen-bond acceptors (Lipinski definition) is 3. The van der Waals surface area contributed by atoms with Gasteiger partial charge in [-0.15, -0.1) is 0 Å². The van der Waals surface area contributed by atoms with Gasteiger partial charge in [-0.1, -0.05) is 36.4 Å². The topological polar surface area (TPSA) is 58.4 Å². The molecule has 0 aromatic heterocycles.